The summed E-state index contributed by atoms with van der Waals surface area (Å²) in [5.41, 5.74) is 0.583. The van der Waals surface area contributed by atoms with Gasteiger partial charge in [-0.15, -0.1) is 0 Å². The maximum atomic E-state index is 13.4. The molecule has 1 amide bonds. The molecule has 0 spiro atoms. The van der Waals surface area contributed by atoms with Crippen molar-refractivity contribution in [3.05, 3.63) is 58.9 Å². The number of carbonyl (C=O) groups excluding carboxylic acids is 2. The van der Waals surface area contributed by atoms with Gasteiger partial charge < -0.3 is 19.5 Å². The van der Waals surface area contributed by atoms with Crippen LogP contribution < -0.4 is 14.8 Å². The number of nitrogens with one attached hydrogen (secondary N) is 1. The van der Waals surface area contributed by atoms with Gasteiger partial charge in [0.2, 0.25) is 0 Å². The topological polar surface area (TPSA) is 73.9 Å². The molecule has 0 aromatic heterocycles. The Morgan fingerprint density at radius 3 is 2.59 bits per heavy atom. The Kier molecular flexibility index (Phi) is 7.19. The highest BCUT2D eigenvalue weighted by atomic mass is 35.5. The van der Waals surface area contributed by atoms with Gasteiger partial charge in [-0.25, -0.2) is 9.18 Å². The predicted octanol–water partition coefficient (Wildman–Crippen LogP) is 3.69. The van der Waals surface area contributed by atoms with Gasteiger partial charge in [-0.1, -0.05) is 23.7 Å². The molecule has 6 nitrogen and oxygen atoms in total. The van der Waals surface area contributed by atoms with Crippen molar-refractivity contribution in [3.63, 3.8) is 0 Å². The summed E-state index contributed by atoms with van der Waals surface area (Å²) in [6.07, 6.45) is 2.58. The first-order valence-corrected chi connectivity index (χ1v) is 8.13. The summed E-state index contributed by atoms with van der Waals surface area (Å²) in [5, 5.41) is 2.63. The minimum atomic E-state index is -0.746. The van der Waals surface area contributed by atoms with E-state index in [-0.39, 0.29) is 5.69 Å². The maximum Gasteiger partial charge on any atom is 0.331 e. The van der Waals surface area contributed by atoms with Gasteiger partial charge in [-0.05, 0) is 35.9 Å². The highest BCUT2D eigenvalue weighted by Crippen LogP contribution is 2.36. The number of rotatable bonds is 7. The van der Waals surface area contributed by atoms with Crippen molar-refractivity contribution in [1.29, 1.82) is 0 Å². The number of ether oxygens (including phenoxy) is 3. The zero-order chi connectivity index (χ0) is 19.8. The summed E-state index contributed by atoms with van der Waals surface area (Å²) >= 11 is 6.08. The minimum Gasteiger partial charge on any atom is -0.493 e. The number of hydrogen-bond donors (Lipinski definition) is 1. The van der Waals surface area contributed by atoms with Crippen molar-refractivity contribution in [2.75, 3.05) is 26.1 Å². The lowest BCUT2D eigenvalue weighted by Crippen LogP contribution is -2.20. The number of methoxy groups -OCH3 is 2. The number of halogens is 2. The molecule has 0 aliphatic carbocycles. The molecular weight excluding hydrogens is 377 g/mol. The van der Waals surface area contributed by atoms with Crippen LogP contribution in [-0.2, 0) is 14.3 Å². The Morgan fingerprint density at radius 1 is 1.19 bits per heavy atom. The third-order valence-corrected chi connectivity index (χ3v) is 3.64. The lowest BCUT2D eigenvalue weighted by Gasteiger charge is -2.10. The van der Waals surface area contributed by atoms with Gasteiger partial charge in [0, 0.05) is 6.08 Å². The van der Waals surface area contributed by atoms with E-state index in [1.54, 1.807) is 18.2 Å². The largest absolute Gasteiger partial charge is 0.493 e. The van der Waals surface area contributed by atoms with Crippen molar-refractivity contribution in [3.8, 4) is 11.5 Å². The molecule has 0 bridgehead atoms. The van der Waals surface area contributed by atoms with Gasteiger partial charge in [-0.2, -0.15) is 0 Å². The third kappa shape index (κ3) is 5.72. The first kappa shape index (κ1) is 20.3. The Labute approximate surface area is 160 Å². The van der Waals surface area contributed by atoms with Crippen LogP contribution in [-0.4, -0.2) is 32.7 Å². The fourth-order valence-corrected chi connectivity index (χ4v) is 2.43. The van der Waals surface area contributed by atoms with E-state index in [9.17, 15) is 14.0 Å². The molecule has 8 heteroatoms. The number of para-hydroxylation sites is 1. The number of carbonyl (C=O) groups is 2. The SMILES string of the molecule is COc1cc(/C=C/C(=O)OCC(=O)Nc2ccccc2F)cc(Cl)c1OC. The summed E-state index contributed by atoms with van der Waals surface area (Å²) in [5.74, 6) is -1.20. The van der Waals surface area contributed by atoms with Crippen LogP contribution in [0.1, 0.15) is 5.56 Å². The van der Waals surface area contributed by atoms with Crippen LogP contribution in [0, 0.1) is 5.82 Å². The molecule has 0 unspecified atom stereocenters. The highest BCUT2D eigenvalue weighted by Gasteiger charge is 2.11. The standard InChI is InChI=1S/C19H17ClFNO5/c1-25-16-10-12(9-13(20)19(16)26-2)7-8-18(24)27-11-17(23)22-15-6-4-3-5-14(15)21/h3-10H,11H2,1-2H3,(H,22,23)/b8-7+. The molecule has 0 atom stereocenters. The zero-order valence-electron chi connectivity index (χ0n) is 14.6. The molecule has 0 saturated heterocycles. The summed E-state index contributed by atoms with van der Waals surface area (Å²) in [6, 6.07) is 8.88. The van der Waals surface area contributed by atoms with Crippen molar-refractivity contribution in [2.45, 2.75) is 0 Å². The lowest BCUT2D eigenvalue weighted by atomic mass is 10.2. The van der Waals surface area contributed by atoms with Gasteiger partial charge in [-0.3, -0.25) is 4.79 Å². The molecule has 0 radical (unpaired) electrons. The molecule has 0 aliphatic heterocycles. The normalized spacial score (nSPS) is 10.5. The molecule has 2 rings (SSSR count). The Hall–Kier alpha value is -3.06. The second-order valence-corrected chi connectivity index (χ2v) is 5.61. The summed E-state index contributed by atoms with van der Waals surface area (Å²) in [6.45, 7) is -0.551. The molecule has 27 heavy (non-hydrogen) atoms. The highest BCUT2D eigenvalue weighted by molar-refractivity contribution is 6.32. The summed E-state index contributed by atoms with van der Waals surface area (Å²) in [7, 11) is 2.92. The number of amides is 1. The maximum absolute atomic E-state index is 13.4. The zero-order valence-corrected chi connectivity index (χ0v) is 15.4. The third-order valence-electron chi connectivity index (χ3n) is 3.36. The molecule has 142 valence electrons. The van der Waals surface area contributed by atoms with Crippen LogP contribution in [0.25, 0.3) is 6.08 Å². The van der Waals surface area contributed by atoms with Gasteiger partial charge in [0.25, 0.3) is 5.91 Å². The summed E-state index contributed by atoms with van der Waals surface area (Å²) in [4.78, 5) is 23.5. The van der Waals surface area contributed by atoms with E-state index in [1.807, 2.05) is 0 Å². The quantitative estimate of drug-likeness (QED) is 0.573. The van der Waals surface area contributed by atoms with Crippen LogP contribution in [0.2, 0.25) is 5.02 Å². The van der Waals surface area contributed by atoms with Crippen LogP contribution in [0.4, 0.5) is 10.1 Å². The van der Waals surface area contributed by atoms with E-state index in [0.29, 0.717) is 22.1 Å². The van der Waals surface area contributed by atoms with Crippen LogP contribution in [0.3, 0.4) is 0 Å². The molecule has 2 aromatic carbocycles. The van der Waals surface area contributed by atoms with E-state index in [0.717, 1.165) is 6.08 Å². The molecule has 2 aromatic rings. The molecule has 1 N–H and O–H groups in total. The van der Waals surface area contributed by atoms with Crippen LogP contribution in [0.5, 0.6) is 11.5 Å². The number of hydrogen-bond acceptors (Lipinski definition) is 5. The molecule has 0 saturated carbocycles. The van der Waals surface area contributed by atoms with Crippen molar-refractivity contribution in [2.24, 2.45) is 0 Å². The van der Waals surface area contributed by atoms with E-state index in [1.165, 1.54) is 38.5 Å². The number of anilines is 1. The van der Waals surface area contributed by atoms with Gasteiger partial charge >= 0.3 is 5.97 Å². The summed E-state index contributed by atoms with van der Waals surface area (Å²) < 4.78 is 28.6. The van der Waals surface area contributed by atoms with Gasteiger partial charge in [0.1, 0.15) is 5.82 Å². The fraction of sp³-hybridized carbons (Fsp3) is 0.158. The smallest absolute Gasteiger partial charge is 0.331 e. The van der Waals surface area contributed by atoms with Crippen LogP contribution in [0.15, 0.2) is 42.5 Å². The molecule has 0 fully saturated rings. The van der Waals surface area contributed by atoms with E-state index >= 15 is 0 Å². The first-order chi connectivity index (χ1) is 12.9. The Bertz CT molecular complexity index is 869. The second-order valence-electron chi connectivity index (χ2n) is 5.21. The monoisotopic (exact) mass is 393 g/mol. The van der Waals surface area contributed by atoms with E-state index < -0.39 is 24.3 Å². The Morgan fingerprint density at radius 2 is 1.93 bits per heavy atom. The van der Waals surface area contributed by atoms with E-state index in [4.69, 9.17) is 25.8 Å². The minimum absolute atomic E-state index is 0.00839. The van der Waals surface area contributed by atoms with Crippen LogP contribution >= 0.6 is 11.6 Å². The average Bonchev–Trinajstić information content (AvgIpc) is 2.66. The average molecular weight is 394 g/mol. The first-order valence-electron chi connectivity index (χ1n) is 7.75. The van der Waals surface area contributed by atoms with Gasteiger partial charge in [0.15, 0.2) is 18.1 Å². The number of esters is 1. The predicted molar refractivity (Wildman–Crippen MR) is 99.6 cm³/mol. The molecule has 0 aliphatic rings. The van der Waals surface area contributed by atoms with Crippen molar-refractivity contribution < 1.29 is 28.2 Å². The second kappa shape index (κ2) is 9.59. The Balaban J connectivity index is 1.93. The van der Waals surface area contributed by atoms with Crippen molar-refractivity contribution in [1.82, 2.24) is 0 Å². The van der Waals surface area contributed by atoms with E-state index in [2.05, 4.69) is 5.32 Å². The number of benzene rings is 2. The fourth-order valence-electron chi connectivity index (χ4n) is 2.13. The molecule has 0 heterocycles. The van der Waals surface area contributed by atoms with Gasteiger partial charge in [0.05, 0.1) is 24.9 Å². The van der Waals surface area contributed by atoms with Crippen molar-refractivity contribution >= 4 is 35.2 Å². The lowest BCUT2D eigenvalue weighted by molar-refractivity contribution is -0.142. The molecular formula is C19H17ClFNO5.